The van der Waals surface area contributed by atoms with Crippen molar-refractivity contribution in [2.24, 2.45) is 11.8 Å². The van der Waals surface area contributed by atoms with Crippen LogP contribution in [0, 0.1) is 5.92 Å². The summed E-state index contributed by atoms with van der Waals surface area (Å²) < 4.78 is 0. The molecule has 0 spiro atoms. The van der Waals surface area contributed by atoms with E-state index in [9.17, 15) is 0 Å². The molecule has 2 aromatic rings. The molecule has 2 rings (SSSR count). The maximum absolute atomic E-state index is 5.70. The highest BCUT2D eigenvalue weighted by Gasteiger charge is 2.10. The van der Waals surface area contributed by atoms with Crippen LogP contribution in [0.1, 0.15) is 19.4 Å². The molecule has 0 radical (unpaired) electrons. The Morgan fingerprint density at radius 2 is 2.00 bits per heavy atom. The normalized spacial score (nSPS) is 13.0. The number of aromatic nitrogens is 1. The fourth-order valence-electron chi connectivity index (χ4n) is 2.21. The first-order chi connectivity index (χ1) is 9.70. The molecule has 1 unspecified atom stereocenters. The summed E-state index contributed by atoms with van der Waals surface area (Å²) in [6.07, 6.45) is 2.82. The number of nitrogens with zero attached hydrogens (tertiary/aromatic N) is 1. The van der Waals surface area contributed by atoms with Gasteiger partial charge in [-0.1, -0.05) is 32.0 Å². The van der Waals surface area contributed by atoms with Crippen LogP contribution in [0.15, 0.2) is 36.5 Å². The van der Waals surface area contributed by atoms with E-state index in [0.29, 0.717) is 6.04 Å². The lowest BCUT2D eigenvalue weighted by Gasteiger charge is -2.17. The molecule has 0 bridgehead atoms. The Morgan fingerprint density at radius 1 is 1.20 bits per heavy atom. The van der Waals surface area contributed by atoms with E-state index in [2.05, 4.69) is 48.5 Å². The quantitative estimate of drug-likeness (QED) is 0.608. The molecule has 0 aliphatic rings. The van der Waals surface area contributed by atoms with Crippen molar-refractivity contribution in [3.63, 3.8) is 0 Å². The van der Waals surface area contributed by atoms with E-state index < -0.39 is 0 Å². The minimum atomic E-state index is 0.296. The summed E-state index contributed by atoms with van der Waals surface area (Å²) in [5.41, 5.74) is 5.31. The number of para-hydroxylation sites is 1. The van der Waals surface area contributed by atoms with E-state index in [-0.39, 0.29) is 0 Å². The Balaban J connectivity index is 2.05. The fourth-order valence-corrected chi connectivity index (χ4v) is 3.32. The maximum Gasteiger partial charge on any atom is 0.0704 e. The molecule has 0 aliphatic carbocycles. The van der Waals surface area contributed by atoms with Crippen LogP contribution in [-0.4, -0.2) is 22.5 Å². The Kier molecular flexibility index (Phi) is 5.83. The van der Waals surface area contributed by atoms with Gasteiger partial charge in [0.05, 0.1) is 5.52 Å². The van der Waals surface area contributed by atoms with Crippen LogP contribution in [0.4, 0.5) is 0 Å². The van der Waals surface area contributed by atoms with E-state index in [1.807, 2.05) is 24.0 Å². The zero-order chi connectivity index (χ0) is 14.4. The molecular weight excluding hydrogens is 266 g/mol. The minimum Gasteiger partial charge on any atom is -0.271 e. The molecule has 0 amide bonds. The summed E-state index contributed by atoms with van der Waals surface area (Å²) >= 11 is 1.96. The Labute approximate surface area is 125 Å². The zero-order valence-corrected chi connectivity index (χ0v) is 13.0. The van der Waals surface area contributed by atoms with Gasteiger partial charge in [0.15, 0.2) is 0 Å². The van der Waals surface area contributed by atoms with Crippen LogP contribution in [0.2, 0.25) is 0 Å². The number of thioether (sulfide) groups is 1. The average Bonchev–Trinajstić information content (AvgIpc) is 2.46. The van der Waals surface area contributed by atoms with Gasteiger partial charge in [-0.25, -0.2) is 0 Å². The second-order valence-corrected chi connectivity index (χ2v) is 6.56. The van der Waals surface area contributed by atoms with E-state index >= 15 is 0 Å². The van der Waals surface area contributed by atoms with Crippen molar-refractivity contribution in [2.45, 2.75) is 26.3 Å². The third-order valence-electron chi connectivity index (χ3n) is 3.21. The third kappa shape index (κ3) is 4.20. The number of hydrogen-bond donors (Lipinski definition) is 2. The van der Waals surface area contributed by atoms with Gasteiger partial charge in [-0.05, 0) is 35.8 Å². The van der Waals surface area contributed by atoms with E-state index in [4.69, 9.17) is 5.84 Å². The van der Waals surface area contributed by atoms with Crippen LogP contribution >= 0.6 is 11.8 Å². The molecule has 3 N–H and O–H groups in total. The molecule has 108 valence electrons. The average molecular weight is 289 g/mol. The topological polar surface area (TPSA) is 50.9 Å². The number of hydrogen-bond acceptors (Lipinski definition) is 4. The standard InChI is InChI=1S/C16H23N3S/c1-12(2)10-20-11-14(19-17)9-13-7-8-18-16-6-4-3-5-15(13)16/h3-8,12,14,19H,9-11,17H2,1-2H3. The molecule has 0 saturated carbocycles. The van der Waals surface area contributed by atoms with Gasteiger partial charge in [-0.3, -0.25) is 16.3 Å². The Morgan fingerprint density at radius 3 is 2.75 bits per heavy atom. The lowest BCUT2D eigenvalue weighted by Crippen LogP contribution is -2.38. The predicted octanol–water partition coefficient (Wildman–Crippen LogP) is 3.00. The van der Waals surface area contributed by atoms with Gasteiger partial charge >= 0.3 is 0 Å². The van der Waals surface area contributed by atoms with Crippen molar-refractivity contribution in [3.8, 4) is 0 Å². The summed E-state index contributed by atoms with van der Waals surface area (Å²) in [5, 5.41) is 1.23. The van der Waals surface area contributed by atoms with Crippen LogP contribution in [0.5, 0.6) is 0 Å². The summed E-state index contributed by atoms with van der Waals surface area (Å²) in [4.78, 5) is 4.40. The molecule has 20 heavy (non-hydrogen) atoms. The van der Waals surface area contributed by atoms with Crippen molar-refractivity contribution in [2.75, 3.05) is 11.5 Å². The van der Waals surface area contributed by atoms with Gasteiger partial charge in [0.2, 0.25) is 0 Å². The summed E-state index contributed by atoms with van der Waals surface area (Å²) in [7, 11) is 0. The van der Waals surface area contributed by atoms with Crippen LogP contribution in [-0.2, 0) is 6.42 Å². The van der Waals surface area contributed by atoms with Crippen LogP contribution in [0.25, 0.3) is 10.9 Å². The molecule has 1 heterocycles. The molecule has 4 heteroatoms. The van der Waals surface area contributed by atoms with Crippen molar-refractivity contribution in [3.05, 3.63) is 42.1 Å². The largest absolute Gasteiger partial charge is 0.271 e. The van der Waals surface area contributed by atoms with Gasteiger partial charge in [0.1, 0.15) is 0 Å². The van der Waals surface area contributed by atoms with Gasteiger partial charge in [-0.2, -0.15) is 11.8 Å². The minimum absolute atomic E-state index is 0.296. The molecule has 1 atom stereocenters. The zero-order valence-electron chi connectivity index (χ0n) is 12.2. The molecular formula is C16H23N3S. The molecule has 1 aromatic heterocycles. The van der Waals surface area contributed by atoms with Crippen molar-refractivity contribution in [1.82, 2.24) is 10.4 Å². The summed E-state index contributed by atoms with van der Waals surface area (Å²) in [6.45, 7) is 4.49. The van der Waals surface area contributed by atoms with Crippen molar-refractivity contribution < 1.29 is 0 Å². The number of benzene rings is 1. The highest BCUT2D eigenvalue weighted by Crippen LogP contribution is 2.19. The monoisotopic (exact) mass is 289 g/mol. The number of nitrogens with two attached hydrogens (primary N) is 1. The maximum atomic E-state index is 5.70. The SMILES string of the molecule is CC(C)CSCC(Cc1ccnc2ccccc12)NN. The molecule has 3 nitrogen and oxygen atoms in total. The third-order valence-corrected chi connectivity index (χ3v) is 4.75. The second kappa shape index (κ2) is 7.62. The second-order valence-electron chi connectivity index (χ2n) is 5.49. The smallest absolute Gasteiger partial charge is 0.0704 e. The summed E-state index contributed by atoms with van der Waals surface area (Å²) in [5.74, 6) is 8.63. The van der Waals surface area contributed by atoms with E-state index in [0.717, 1.165) is 23.6 Å². The first-order valence-corrected chi connectivity index (χ1v) is 8.22. The number of rotatable bonds is 7. The number of fused-ring (bicyclic) bond motifs is 1. The first-order valence-electron chi connectivity index (χ1n) is 7.07. The predicted molar refractivity (Wildman–Crippen MR) is 88.7 cm³/mol. The van der Waals surface area contributed by atoms with Crippen LogP contribution in [0.3, 0.4) is 0 Å². The van der Waals surface area contributed by atoms with Gasteiger partial charge < -0.3 is 0 Å². The van der Waals surface area contributed by atoms with E-state index in [1.54, 1.807) is 0 Å². The highest BCUT2D eigenvalue weighted by molar-refractivity contribution is 7.99. The Bertz CT molecular complexity index is 537. The lowest BCUT2D eigenvalue weighted by atomic mass is 10.0. The van der Waals surface area contributed by atoms with Gasteiger partial charge in [0, 0.05) is 23.4 Å². The fraction of sp³-hybridized carbons (Fsp3) is 0.438. The molecule has 0 aliphatic heterocycles. The molecule has 1 aromatic carbocycles. The Hall–Kier alpha value is -1.10. The highest BCUT2D eigenvalue weighted by atomic mass is 32.2. The van der Waals surface area contributed by atoms with E-state index in [1.165, 1.54) is 16.7 Å². The van der Waals surface area contributed by atoms with Crippen LogP contribution < -0.4 is 11.3 Å². The lowest BCUT2D eigenvalue weighted by molar-refractivity contribution is 0.576. The number of nitrogens with one attached hydrogen (secondary N) is 1. The number of hydrazine groups is 1. The molecule has 0 fully saturated rings. The van der Waals surface area contributed by atoms with Gasteiger partial charge in [-0.15, -0.1) is 0 Å². The number of pyridine rings is 1. The van der Waals surface area contributed by atoms with Gasteiger partial charge in [0.25, 0.3) is 0 Å². The van der Waals surface area contributed by atoms with Crippen molar-refractivity contribution in [1.29, 1.82) is 0 Å². The first kappa shape index (κ1) is 15.3. The molecule has 0 saturated heterocycles. The van der Waals surface area contributed by atoms with Crippen molar-refractivity contribution >= 4 is 22.7 Å². The summed E-state index contributed by atoms with van der Waals surface area (Å²) in [6, 6.07) is 10.7.